The lowest BCUT2D eigenvalue weighted by Gasteiger charge is -2.44. The molecule has 1 aromatic rings. The van der Waals surface area contributed by atoms with Gasteiger partial charge in [-0.15, -0.1) is 11.6 Å². The molecule has 0 radical (unpaired) electrons. The zero-order chi connectivity index (χ0) is 25.3. The third-order valence-electron chi connectivity index (χ3n) is 8.90. The maximum atomic E-state index is 14.0. The second-order valence-corrected chi connectivity index (χ2v) is 12.2. The minimum Gasteiger partial charge on any atom is -0.351 e. The Morgan fingerprint density at radius 2 is 2.00 bits per heavy atom. The van der Waals surface area contributed by atoms with Gasteiger partial charge < -0.3 is 25.1 Å². The summed E-state index contributed by atoms with van der Waals surface area (Å²) in [5.74, 6) is 1.41. The van der Waals surface area contributed by atoms with Gasteiger partial charge in [0, 0.05) is 56.0 Å². The summed E-state index contributed by atoms with van der Waals surface area (Å²) in [4.78, 5) is 13.5. The van der Waals surface area contributed by atoms with E-state index < -0.39 is 6.17 Å². The summed E-state index contributed by atoms with van der Waals surface area (Å²) in [7, 11) is 1.88. The third kappa shape index (κ3) is 6.31. The summed E-state index contributed by atoms with van der Waals surface area (Å²) in [6, 6.07) is 0.131. The summed E-state index contributed by atoms with van der Waals surface area (Å²) in [5, 5.41) is 18.9. The van der Waals surface area contributed by atoms with E-state index in [0.29, 0.717) is 36.2 Å². The maximum Gasteiger partial charge on any atom is 0.237 e. The van der Waals surface area contributed by atoms with E-state index in [1.54, 1.807) is 4.57 Å². The molecule has 3 fully saturated rings. The smallest absolute Gasteiger partial charge is 0.237 e. The number of carbonyl (C=O) groups excluding carboxylic acids is 1. The lowest BCUT2D eigenvalue weighted by Crippen LogP contribution is -2.60. The molecule has 0 spiro atoms. The van der Waals surface area contributed by atoms with Crippen molar-refractivity contribution >= 4 is 17.5 Å². The molecule has 35 heavy (non-hydrogen) atoms. The highest BCUT2D eigenvalue weighted by Crippen LogP contribution is 2.38. The highest BCUT2D eigenvalue weighted by molar-refractivity contribution is 6.21. The zero-order valence-corrected chi connectivity index (χ0v) is 22.4. The molecular weight excluding hydrogens is 467 g/mol. The molecule has 3 aliphatic rings. The van der Waals surface area contributed by atoms with E-state index in [1.165, 1.54) is 0 Å². The van der Waals surface area contributed by atoms with Crippen molar-refractivity contribution < 1.29 is 9.18 Å². The molecule has 2 saturated heterocycles. The van der Waals surface area contributed by atoms with Crippen molar-refractivity contribution in [1.82, 2.24) is 25.1 Å². The molecule has 1 aromatic heterocycles. The molecule has 1 aliphatic carbocycles. The van der Waals surface area contributed by atoms with Crippen LogP contribution in [0.2, 0.25) is 0 Å². The van der Waals surface area contributed by atoms with E-state index in [2.05, 4.69) is 36.7 Å². The van der Waals surface area contributed by atoms with Gasteiger partial charge in [0.1, 0.15) is 6.17 Å². The van der Waals surface area contributed by atoms with Gasteiger partial charge in [-0.25, -0.2) is 4.39 Å². The highest BCUT2D eigenvalue weighted by Gasteiger charge is 2.40. The SMILES string of the molecule is CC1CC(C(C)NC(=O)C2CC(Cn3ccn(C)c3=N)CC(C3CCC(F)CC3C)N2)NCC1Cl. The van der Waals surface area contributed by atoms with Crippen LogP contribution in [0.1, 0.15) is 59.3 Å². The van der Waals surface area contributed by atoms with Gasteiger partial charge in [-0.1, -0.05) is 13.8 Å². The second-order valence-electron chi connectivity index (χ2n) is 11.6. The first-order valence-electron chi connectivity index (χ1n) is 13.5. The van der Waals surface area contributed by atoms with Gasteiger partial charge in [-0.3, -0.25) is 10.2 Å². The minimum absolute atomic E-state index is 0.0130. The average molecular weight is 511 g/mol. The van der Waals surface area contributed by atoms with Crippen LogP contribution >= 0.6 is 11.6 Å². The Morgan fingerprint density at radius 3 is 2.66 bits per heavy atom. The topological polar surface area (TPSA) is 86.9 Å². The summed E-state index contributed by atoms with van der Waals surface area (Å²) < 4.78 is 17.8. The van der Waals surface area contributed by atoms with Crippen LogP contribution in [0.4, 0.5) is 4.39 Å². The van der Waals surface area contributed by atoms with Crippen LogP contribution in [0, 0.1) is 29.1 Å². The molecule has 0 aromatic carbocycles. The molecular formula is C26H44ClFN6O. The van der Waals surface area contributed by atoms with E-state index in [9.17, 15) is 9.18 Å². The number of imidazole rings is 1. The van der Waals surface area contributed by atoms with Gasteiger partial charge in [0.2, 0.25) is 11.5 Å². The van der Waals surface area contributed by atoms with Crippen molar-refractivity contribution in [2.24, 2.45) is 30.7 Å². The van der Waals surface area contributed by atoms with E-state index in [1.807, 2.05) is 24.0 Å². The molecule has 198 valence electrons. The van der Waals surface area contributed by atoms with Crippen molar-refractivity contribution in [3.63, 3.8) is 0 Å². The molecule has 1 amide bonds. The van der Waals surface area contributed by atoms with Crippen molar-refractivity contribution in [2.45, 2.75) is 102 Å². The van der Waals surface area contributed by atoms with Crippen molar-refractivity contribution in [2.75, 3.05) is 6.54 Å². The van der Waals surface area contributed by atoms with E-state index in [-0.39, 0.29) is 41.4 Å². The molecule has 3 heterocycles. The van der Waals surface area contributed by atoms with Crippen LogP contribution in [-0.2, 0) is 18.4 Å². The van der Waals surface area contributed by atoms with Crippen LogP contribution in [0.25, 0.3) is 0 Å². The van der Waals surface area contributed by atoms with Crippen molar-refractivity contribution in [3.05, 3.63) is 18.0 Å². The monoisotopic (exact) mass is 510 g/mol. The molecule has 1 saturated carbocycles. The molecule has 10 unspecified atom stereocenters. The first-order chi connectivity index (χ1) is 16.6. The third-order valence-corrected chi connectivity index (χ3v) is 9.48. The van der Waals surface area contributed by atoms with Crippen LogP contribution in [0.3, 0.4) is 0 Å². The Kier molecular flexibility index (Phi) is 8.65. The molecule has 2 aliphatic heterocycles. The Bertz CT molecular complexity index is 920. The van der Waals surface area contributed by atoms with Gasteiger partial charge in [0.05, 0.1) is 6.04 Å². The number of alkyl halides is 2. The van der Waals surface area contributed by atoms with E-state index >= 15 is 0 Å². The zero-order valence-electron chi connectivity index (χ0n) is 21.6. The first kappa shape index (κ1) is 26.7. The summed E-state index contributed by atoms with van der Waals surface area (Å²) in [6.45, 7) is 7.90. The molecule has 10 atom stereocenters. The van der Waals surface area contributed by atoms with Crippen molar-refractivity contribution in [3.8, 4) is 0 Å². The molecule has 4 N–H and O–H groups in total. The van der Waals surface area contributed by atoms with Crippen LogP contribution in [0.5, 0.6) is 0 Å². The summed E-state index contributed by atoms with van der Waals surface area (Å²) in [5.41, 5.74) is 0.469. The Balaban J connectivity index is 1.45. The van der Waals surface area contributed by atoms with Crippen LogP contribution in [0.15, 0.2) is 12.4 Å². The number of nitrogens with zero attached hydrogens (tertiary/aromatic N) is 2. The number of hydrogen-bond acceptors (Lipinski definition) is 4. The van der Waals surface area contributed by atoms with Gasteiger partial charge in [-0.2, -0.15) is 0 Å². The van der Waals surface area contributed by atoms with E-state index in [0.717, 1.165) is 38.8 Å². The Morgan fingerprint density at radius 1 is 1.23 bits per heavy atom. The predicted molar refractivity (Wildman–Crippen MR) is 137 cm³/mol. The number of carbonyl (C=O) groups is 1. The normalized spacial score (nSPS) is 39.2. The number of hydrogen-bond donors (Lipinski definition) is 4. The minimum atomic E-state index is -0.704. The number of aryl methyl sites for hydroxylation is 1. The fourth-order valence-corrected chi connectivity index (χ4v) is 6.81. The fraction of sp³-hybridized carbons (Fsp3) is 0.846. The number of nitrogens with one attached hydrogen (secondary N) is 4. The lowest BCUT2D eigenvalue weighted by molar-refractivity contribution is -0.125. The second kappa shape index (κ2) is 11.3. The van der Waals surface area contributed by atoms with Gasteiger partial charge in [0.25, 0.3) is 0 Å². The number of aromatic nitrogens is 2. The lowest BCUT2D eigenvalue weighted by atomic mass is 9.71. The number of rotatable bonds is 6. The largest absolute Gasteiger partial charge is 0.351 e. The predicted octanol–water partition coefficient (Wildman–Crippen LogP) is 2.93. The number of halogens is 2. The number of amides is 1. The van der Waals surface area contributed by atoms with Gasteiger partial charge in [0.15, 0.2) is 0 Å². The van der Waals surface area contributed by atoms with Crippen LogP contribution < -0.4 is 21.6 Å². The first-order valence-corrected chi connectivity index (χ1v) is 13.9. The molecule has 9 heteroatoms. The maximum absolute atomic E-state index is 14.0. The standard InChI is InChI=1S/C26H44ClFN6O/c1-15-9-19(28)5-6-20(15)23-11-18(14-34-8-7-33(4)26(34)29)12-24(32-23)25(35)31-17(3)22-10-16(2)21(27)13-30-22/h7-8,15-24,29-30,32H,5-6,9-14H2,1-4H3,(H,31,35). The number of piperidine rings is 2. The highest BCUT2D eigenvalue weighted by atomic mass is 35.5. The summed E-state index contributed by atoms with van der Waals surface area (Å²) >= 11 is 6.37. The quantitative estimate of drug-likeness (QED) is 0.444. The fourth-order valence-electron chi connectivity index (χ4n) is 6.62. The summed E-state index contributed by atoms with van der Waals surface area (Å²) in [6.07, 6.45) is 7.87. The van der Waals surface area contributed by atoms with E-state index in [4.69, 9.17) is 17.0 Å². The van der Waals surface area contributed by atoms with Crippen LogP contribution in [-0.4, -0.2) is 57.3 Å². The van der Waals surface area contributed by atoms with Gasteiger partial charge >= 0.3 is 0 Å². The van der Waals surface area contributed by atoms with Crippen molar-refractivity contribution in [1.29, 1.82) is 5.41 Å². The van der Waals surface area contributed by atoms with Gasteiger partial charge in [-0.05, 0) is 69.1 Å². The Labute approximate surface area is 214 Å². The average Bonchev–Trinajstić information content (AvgIpc) is 3.12. The molecule has 7 nitrogen and oxygen atoms in total. The Hall–Kier alpha value is -1.38. The molecule has 0 bridgehead atoms. The molecule has 4 rings (SSSR count).